The second-order valence-electron chi connectivity index (χ2n) is 12.3. The Balaban J connectivity index is 1.06. The highest BCUT2D eigenvalue weighted by molar-refractivity contribution is 5.95. The highest BCUT2D eigenvalue weighted by Gasteiger charge is 2.40. The number of amides is 3. The topological polar surface area (TPSA) is 73.7 Å². The van der Waals surface area contributed by atoms with Crippen LogP contribution in [0, 0.1) is 0 Å². The Morgan fingerprint density at radius 3 is 2.31 bits per heavy atom. The summed E-state index contributed by atoms with van der Waals surface area (Å²) in [5, 5.41) is 7.77. The molecular formula is C31H41F3N6O2. The first kappa shape index (κ1) is 29.0. The zero-order valence-corrected chi connectivity index (χ0v) is 24.1. The molecule has 8 nitrogen and oxygen atoms in total. The molecule has 0 bridgehead atoms. The van der Waals surface area contributed by atoms with Gasteiger partial charge in [0.1, 0.15) is 0 Å². The Hall–Kier alpha value is -3.08. The number of hydrogen-bond donors (Lipinski definition) is 1. The maximum absolute atomic E-state index is 13.7. The highest BCUT2D eigenvalue weighted by Crippen LogP contribution is 2.44. The largest absolute Gasteiger partial charge is 0.416 e. The van der Waals surface area contributed by atoms with Crippen LogP contribution in [-0.2, 0) is 6.18 Å². The molecule has 1 N–H and O–H groups in total. The molecule has 1 aliphatic carbocycles. The molecule has 0 spiro atoms. The maximum atomic E-state index is 13.7. The van der Waals surface area contributed by atoms with Gasteiger partial charge >= 0.3 is 12.2 Å². The SMILES string of the molecule is O=C(NCCN1CCCCC1)N1CCC(n2ncc(C(=O)N3CC[C@@H](c4ccccc4C(F)(F)F)C3)c2C2CC2)CC1. The second kappa shape index (κ2) is 12.3. The Bertz CT molecular complexity index is 1260. The van der Waals surface area contributed by atoms with Gasteiger partial charge in [-0.3, -0.25) is 9.48 Å². The summed E-state index contributed by atoms with van der Waals surface area (Å²) in [5.41, 5.74) is 1.20. The number of carbonyl (C=O) groups is 2. The number of urea groups is 1. The third-order valence-electron chi connectivity index (χ3n) is 9.46. The molecule has 1 saturated carbocycles. The summed E-state index contributed by atoms with van der Waals surface area (Å²) in [6.07, 6.45) is 5.07. The van der Waals surface area contributed by atoms with Crippen molar-refractivity contribution in [3.05, 3.63) is 52.8 Å². The third kappa shape index (κ3) is 6.31. The quantitative estimate of drug-likeness (QED) is 0.482. The van der Waals surface area contributed by atoms with Crippen molar-refractivity contribution >= 4 is 11.9 Å². The van der Waals surface area contributed by atoms with Crippen LogP contribution in [-0.4, -0.2) is 88.8 Å². The molecule has 1 aromatic carbocycles. The molecule has 4 heterocycles. The van der Waals surface area contributed by atoms with Crippen LogP contribution in [0.1, 0.15) is 96.4 Å². The average molecular weight is 587 g/mol. The smallest absolute Gasteiger partial charge is 0.338 e. The van der Waals surface area contributed by atoms with Gasteiger partial charge in [0.05, 0.1) is 29.1 Å². The van der Waals surface area contributed by atoms with Crippen molar-refractivity contribution in [1.29, 1.82) is 0 Å². The molecule has 3 aliphatic heterocycles. The van der Waals surface area contributed by atoms with Crippen LogP contribution in [0.4, 0.5) is 18.0 Å². The van der Waals surface area contributed by atoms with Gasteiger partial charge in [-0.15, -0.1) is 0 Å². The zero-order valence-electron chi connectivity index (χ0n) is 24.1. The molecule has 11 heteroatoms. The predicted octanol–water partition coefficient (Wildman–Crippen LogP) is 5.24. The third-order valence-corrected chi connectivity index (χ3v) is 9.46. The van der Waals surface area contributed by atoms with Crippen molar-refractivity contribution in [2.75, 3.05) is 52.4 Å². The molecule has 2 aromatic rings. The lowest BCUT2D eigenvalue weighted by molar-refractivity contribution is -0.138. The van der Waals surface area contributed by atoms with Crippen LogP contribution >= 0.6 is 0 Å². The van der Waals surface area contributed by atoms with Gasteiger partial charge in [0.25, 0.3) is 5.91 Å². The van der Waals surface area contributed by atoms with Crippen LogP contribution in [0.25, 0.3) is 0 Å². The van der Waals surface area contributed by atoms with Crippen molar-refractivity contribution in [2.45, 2.75) is 75.4 Å². The molecule has 42 heavy (non-hydrogen) atoms. The minimum absolute atomic E-state index is 0.0140. The van der Waals surface area contributed by atoms with Gasteiger partial charge in [0.15, 0.2) is 0 Å². The van der Waals surface area contributed by atoms with Gasteiger partial charge in [0.2, 0.25) is 0 Å². The van der Waals surface area contributed by atoms with Gasteiger partial charge in [-0.25, -0.2) is 4.79 Å². The van der Waals surface area contributed by atoms with E-state index in [0.29, 0.717) is 38.2 Å². The summed E-state index contributed by atoms with van der Waals surface area (Å²) in [7, 11) is 0. The summed E-state index contributed by atoms with van der Waals surface area (Å²) in [4.78, 5) is 32.5. The summed E-state index contributed by atoms with van der Waals surface area (Å²) in [6.45, 7) is 5.76. The number of piperidine rings is 2. The van der Waals surface area contributed by atoms with Gasteiger partial charge in [-0.1, -0.05) is 24.6 Å². The molecular weight excluding hydrogens is 545 g/mol. The van der Waals surface area contributed by atoms with Crippen LogP contribution in [0.5, 0.6) is 0 Å². The van der Waals surface area contributed by atoms with Gasteiger partial charge in [-0.05, 0) is 69.7 Å². The number of nitrogens with zero attached hydrogens (tertiary/aromatic N) is 5. The summed E-state index contributed by atoms with van der Waals surface area (Å²) in [6, 6.07) is 5.81. The van der Waals surface area contributed by atoms with Gasteiger partial charge in [-0.2, -0.15) is 18.3 Å². The van der Waals surface area contributed by atoms with E-state index in [1.54, 1.807) is 17.2 Å². The van der Waals surface area contributed by atoms with Crippen molar-refractivity contribution < 1.29 is 22.8 Å². The summed E-state index contributed by atoms with van der Waals surface area (Å²) < 4.78 is 42.9. The molecule has 1 aromatic heterocycles. The number of halogens is 3. The van der Waals surface area contributed by atoms with Crippen molar-refractivity contribution in [2.24, 2.45) is 0 Å². The molecule has 0 unspecified atom stereocenters. The first-order valence-electron chi connectivity index (χ1n) is 15.6. The number of nitrogens with one attached hydrogen (secondary N) is 1. The number of benzene rings is 1. The van der Waals surface area contributed by atoms with E-state index in [1.165, 1.54) is 31.4 Å². The first-order chi connectivity index (χ1) is 20.3. The molecule has 4 fully saturated rings. The van der Waals surface area contributed by atoms with Crippen molar-refractivity contribution in [3.63, 3.8) is 0 Å². The molecule has 6 rings (SSSR count). The number of hydrogen-bond acceptors (Lipinski definition) is 4. The second-order valence-corrected chi connectivity index (χ2v) is 12.3. The van der Waals surface area contributed by atoms with E-state index in [4.69, 9.17) is 0 Å². The Morgan fingerprint density at radius 1 is 0.881 bits per heavy atom. The summed E-state index contributed by atoms with van der Waals surface area (Å²) >= 11 is 0. The molecule has 1 atom stereocenters. The van der Waals surface area contributed by atoms with E-state index in [2.05, 4.69) is 15.3 Å². The predicted molar refractivity (Wildman–Crippen MR) is 152 cm³/mol. The fourth-order valence-corrected chi connectivity index (χ4v) is 7.00. The lowest BCUT2D eigenvalue weighted by Gasteiger charge is -2.33. The fourth-order valence-electron chi connectivity index (χ4n) is 7.00. The zero-order chi connectivity index (χ0) is 29.3. The van der Waals surface area contributed by atoms with Crippen LogP contribution in [0.2, 0.25) is 0 Å². The maximum Gasteiger partial charge on any atom is 0.416 e. The van der Waals surface area contributed by atoms with Gasteiger partial charge < -0.3 is 20.0 Å². The van der Waals surface area contributed by atoms with Gasteiger partial charge in [0, 0.05) is 51.1 Å². The number of rotatable bonds is 7. The van der Waals surface area contributed by atoms with Crippen molar-refractivity contribution in [3.8, 4) is 0 Å². The summed E-state index contributed by atoms with van der Waals surface area (Å²) in [5.74, 6) is -0.200. The van der Waals surface area contributed by atoms with E-state index in [0.717, 1.165) is 57.1 Å². The molecule has 3 amide bonds. The normalized spacial score (nSPS) is 22.5. The van der Waals surface area contributed by atoms with Crippen LogP contribution in [0.15, 0.2) is 30.5 Å². The minimum Gasteiger partial charge on any atom is -0.338 e. The number of alkyl halides is 3. The Morgan fingerprint density at radius 2 is 1.60 bits per heavy atom. The highest BCUT2D eigenvalue weighted by atomic mass is 19.4. The first-order valence-corrected chi connectivity index (χ1v) is 15.6. The molecule has 0 radical (unpaired) electrons. The van der Waals surface area contributed by atoms with Crippen LogP contribution in [0.3, 0.4) is 0 Å². The fraction of sp³-hybridized carbons (Fsp3) is 0.645. The monoisotopic (exact) mass is 586 g/mol. The minimum atomic E-state index is -4.42. The standard InChI is InChI=1S/C31H41F3N6O2/c32-31(33,34)27-7-3-2-6-25(27)23-10-16-39(21-23)29(41)26-20-36-40(28(26)22-8-9-22)24-11-17-38(18-12-24)30(42)35-13-19-37-14-4-1-5-15-37/h2-3,6-7,20,22-24H,1,4-5,8-19,21H2,(H,35,42)/t23-/m1/s1. The van der Waals surface area contributed by atoms with E-state index in [-0.39, 0.29) is 41.9 Å². The van der Waals surface area contributed by atoms with Crippen molar-refractivity contribution in [1.82, 2.24) is 29.8 Å². The lowest BCUT2D eigenvalue weighted by atomic mass is 9.93. The average Bonchev–Trinajstić information content (AvgIpc) is 3.54. The van der Waals surface area contributed by atoms with E-state index < -0.39 is 11.7 Å². The Labute approximate surface area is 245 Å². The molecule has 4 aliphatic rings. The van der Waals surface area contributed by atoms with E-state index in [9.17, 15) is 22.8 Å². The van der Waals surface area contributed by atoms with Crippen LogP contribution < -0.4 is 5.32 Å². The molecule has 228 valence electrons. The van der Waals surface area contributed by atoms with E-state index in [1.807, 2.05) is 9.58 Å². The number of carbonyl (C=O) groups excluding carboxylic acids is 2. The molecule has 3 saturated heterocycles. The van der Waals surface area contributed by atoms with E-state index >= 15 is 0 Å². The number of likely N-dealkylation sites (tertiary alicyclic amines) is 3. The Kier molecular flexibility index (Phi) is 8.47. The number of aromatic nitrogens is 2. The lowest BCUT2D eigenvalue weighted by Crippen LogP contribution is -2.47.